The summed E-state index contributed by atoms with van der Waals surface area (Å²) in [6, 6.07) is 5.97. The smallest absolute Gasteiger partial charge is 0.226 e. The molecule has 0 atom stereocenters. The highest BCUT2D eigenvalue weighted by Gasteiger charge is 2.19. The number of piperazine rings is 1. The maximum atomic E-state index is 5.10. The van der Waals surface area contributed by atoms with Crippen LogP contribution in [0.25, 0.3) is 0 Å². The molecule has 0 aromatic carbocycles. The molecule has 1 saturated heterocycles. The normalized spacial score (nSPS) is 15.4. The van der Waals surface area contributed by atoms with E-state index in [-0.39, 0.29) is 0 Å². The zero-order valence-corrected chi connectivity index (χ0v) is 14.5. The molecule has 0 bridgehead atoms. The Labute approximate surface area is 142 Å². The molecule has 2 aromatic heterocycles. The van der Waals surface area contributed by atoms with Crippen molar-refractivity contribution < 1.29 is 4.74 Å². The van der Waals surface area contributed by atoms with Crippen LogP contribution in [-0.4, -0.2) is 67.2 Å². The summed E-state index contributed by atoms with van der Waals surface area (Å²) in [5.74, 6) is 2.41. The van der Waals surface area contributed by atoms with Crippen molar-refractivity contribution in [2.45, 2.75) is 6.54 Å². The maximum absolute atomic E-state index is 5.10. The van der Waals surface area contributed by atoms with Gasteiger partial charge in [-0.15, -0.1) is 0 Å². The molecule has 0 amide bonds. The number of hydrogen-bond donors (Lipinski definition) is 0. The number of pyridine rings is 1. The van der Waals surface area contributed by atoms with Crippen LogP contribution in [0.4, 0.5) is 11.8 Å². The summed E-state index contributed by atoms with van der Waals surface area (Å²) in [5.41, 5.74) is 1.21. The Morgan fingerprint density at radius 2 is 1.88 bits per heavy atom. The Morgan fingerprint density at radius 1 is 1.08 bits per heavy atom. The van der Waals surface area contributed by atoms with Gasteiger partial charge in [0.25, 0.3) is 0 Å². The van der Waals surface area contributed by atoms with Crippen molar-refractivity contribution in [3.05, 3.63) is 36.2 Å². The quantitative estimate of drug-likeness (QED) is 0.819. The Bertz CT molecular complexity index is 652. The summed E-state index contributed by atoms with van der Waals surface area (Å²) < 4.78 is 5.10. The zero-order valence-electron chi connectivity index (χ0n) is 14.5. The third-order valence-electron chi connectivity index (χ3n) is 4.14. The van der Waals surface area contributed by atoms with Crippen LogP contribution in [0.2, 0.25) is 0 Å². The lowest BCUT2D eigenvalue weighted by molar-refractivity contribution is 0.249. The molecule has 3 rings (SSSR count). The minimum absolute atomic E-state index is 0.657. The van der Waals surface area contributed by atoms with E-state index in [2.05, 4.69) is 30.8 Å². The molecular formula is C17H24N6O. The van der Waals surface area contributed by atoms with Gasteiger partial charge in [-0.2, -0.15) is 4.98 Å². The van der Waals surface area contributed by atoms with Gasteiger partial charge in [0.15, 0.2) is 0 Å². The van der Waals surface area contributed by atoms with E-state index >= 15 is 0 Å². The Balaban J connectivity index is 1.56. The van der Waals surface area contributed by atoms with Crippen molar-refractivity contribution in [3.63, 3.8) is 0 Å². The van der Waals surface area contributed by atoms with Gasteiger partial charge in [-0.3, -0.25) is 4.90 Å². The zero-order chi connectivity index (χ0) is 16.9. The van der Waals surface area contributed by atoms with Crippen molar-refractivity contribution >= 4 is 11.8 Å². The topological polar surface area (TPSA) is 57.6 Å². The van der Waals surface area contributed by atoms with Gasteiger partial charge in [0.2, 0.25) is 11.8 Å². The van der Waals surface area contributed by atoms with E-state index < -0.39 is 0 Å². The standard InChI is InChI=1S/C17H24N6O/c1-21(2)17-18-7-6-15(20-17)23-10-8-22(9-11-23)13-14-4-5-16(24-3)19-12-14/h4-7,12H,8-11,13H2,1-3H3. The van der Waals surface area contributed by atoms with Gasteiger partial charge in [0, 0.05) is 65.3 Å². The number of aromatic nitrogens is 3. The van der Waals surface area contributed by atoms with Crippen molar-refractivity contribution in [2.24, 2.45) is 0 Å². The molecule has 0 spiro atoms. The number of ether oxygens (including phenoxy) is 1. The molecule has 1 fully saturated rings. The van der Waals surface area contributed by atoms with E-state index in [1.54, 1.807) is 7.11 Å². The second-order valence-corrected chi connectivity index (χ2v) is 6.08. The summed E-state index contributed by atoms with van der Waals surface area (Å²) in [6.45, 7) is 4.86. The summed E-state index contributed by atoms with van der Waals surface area (Å²) in [6.07, 6.45) is 3.71. The van der Waals surface area contributed by atoms with Gasteiger partial charge in [0.1, 0.15) is 5.82 Å². The summed E-state index contributed by atoms with van der Waals surface area (Å²) in [5, 5.41) is 0. The molecule has 3 heterocycles. The van der Waals surface area contributed by atoms with Crippen LogP contribution in [0.1, 0.15) is 5.56 Å². The molecule has 128 valence electrons. The van der Waals surface area contributed by atoms with Crippen molar-refractivity contribution in [1.82, 2.24) is 19.9 Å². The van der Waals surface area contributed by atoms with Gasteiger partial charge >= 0.3 is 0 Å². The van der Waals surface area contributed by atoms with Gasteiger partial charge < -0.3 is 14.5 Å². The fourth-order valence-electron chi connectivity index (χ4n) is 2.75. The van der Waals surface area contributed by atoms with Crippen LogP contribution in [0.15, 0.2) is 30.6 Å². The largest absolute Gasteiger partial charge is 0.481 e. The van der Waals surface area contributed by atoms with E-state index in [1.165, 1.54) is 5.56 Å². The number of hydrogen-bond acceptors (Lipinski definition) is 7. The lowest BCUT2D eigenvalue weighted by atomic mass is 10.2. The fraction of sp³-hybridized carbons (Fsp3) is 0.471. The van der Waals surface area contributed by atoms with E-state index in [1.807, 2.05) is 43.5 Å². The van der Waals surface area contributed by atoms with E-state index in [0.717, 1.165) is 44.5 Å². The first-order valence-electron chi connectivity index (χ1n) is 8.12. The lowest BCUT2D eigenvalue weighted by Gasteiger charge is -2.35. The van der Waals surface area contributed by atoms with Crippen LogP contribution >= 0.6 is 0 Å². The molecule has 7 heteroatoms. The van der Waals surface area contributed by atoms with Crippen LogP contribution in [0.3, 0.4) is 0 Å². The molecule has 2 aromatic rings. The van der Waals surface area contributed by atoms with Crippen LogP contribution in [0, 0.1) is 0 Å². The maximum Gasteiger partial charge on any atom is 0.226 e. The fourth-order valence-corrected chi connectivity index (χ4v) is 2.75. The SMILES string of the molecule is COc1ccc(CN2CCN(c3ccnc(N(C)C)n3)CC2)cn1. The average molecular weight is 328 g/mol. The average Bonchev–Trinajstić information content (AvgIpc) is 2.63. The van der Waals surface area contributed by atoms with E-state index in [0.29, 0.717) is 5.88 Å². The van der Waals surface area contributed by atoms with E-state index in [9.17, 15) is 0 Å². The first-order valence-corrected chi connectivity index (χ1v) is 8.12. The van der Waals surface area contributed by atoms with Crippen LogP contribution < -0.4 is 14.5 Å². The predicted molar refractivity (Wildman–Crippen MR) is 94.6 cm³/mol. The molecule has 0 radical (unpaired) electrons. The third-order valence-corrected chi connectivity index (χ3v) is 4.14. The first kappa shape index (κ1) is 16.4. The van der Waals surface area contributed by atoms with E-state index in [4.69, 9.17) is 4.74 Å². The second-order valence-electron chi connectivity index (χ2n) is 6.08. The summed E-state index contributed by atoms with van der Waals surface area (Å²) >= 11 is 0. The number of anilines is 2. The monoisotopic (exact) mass is 328 g/mol. The van der Waals surface area contributed by atoms with Crippen molar-refractivity contribution in [2.75, 3.05) is 57.2 Å². The molecule has 0 saturated carbocycles. The van der Waals surface area contributed by atoms with Gasteiger partial charge in [-0.05, 0) is 11.6 Å². The second kappa shape index (κ2) is 7.44. The minimum Gasteiger partial charge on any atom is -0.481 e. The number of nitrogens with zero attached hydrogens (tertiary/aromatic N) is 6. The Hall–Kier alpha value is -2.41. The van der Waals surface area contributed by atoms with Gasteiger partial charge in [-0.1, -0.05) is 6.07 Å². The predicted octanol–water partition coefficient (Wildman–Crippen LogP) is 1.27. The minimum atomic E-state index is 0.657. The molecule has 0 aliphatic carbocycles. The third kappa shape index (κ3) is 3.91. The van der Waals surface area contributed by atoms with Gasteiger partial charge in [-0.25, -0.2) is 9.97 Å². The highest BCUT2D eigenvalue weighted by Crippen LogP contribution is 2.17. The van der Waals surface area contributed by atoms with Crippen molar-refractivity contribution in [3.8, 4) is 5.88 Å². The molecule has 0 N–H and O–H groups in total. The van der Waals surface area contributed by atoms with Gasteiger partial charge in [0.05, 0.1) is 7.11 Å². The molecule has 0 unspecified atom stereocenters. The summed E-state index contributed by atoms with van der Waals surface area (Å²) in [7, 11) is 5.55. The molecular weight excluding hydrogens is 304 g/mol. The highest BCUT2D eigenvalue weighted by molar-refractivity contribution is 5.43. The van der Waals surface area contributed by atoms with Crippen molar-refractivity contribution in [1.29, 1.82) is 0 Å². The van der Waals surface area contributed by atoms with Crippen LogP contribution in [-0.2, 0) is 6.54 Å². The number of rotatable bonds is 5. The highest BCUT2D eigenvalue weighted by atomic mass is 16.5. The number of methoxy groups -OCH3 is 1. The van der Waals surface area contributed by atoms with Crippen LogP contribution in [0.5, 0.6) is 5.88 Å². The molecule has 1 aliphatic rings. The molecule has 24 heavy (non-hydrogen) atoms. The Morgan fingerprint density at radius 3 is 2.50 bits per heavy atom. The molecule has 1 aliphatic heterocycles. The molecule has 7 nitrogen and oxygen atoms in total. The Kier molecular flexibility index (Phi) is 5.10. The first-order chi connectivity index (χ1) is 11.7. The summed E-state index contributed by atoms with van der Waals surface area (Å²) in [4.78, 5) is 19.9. The lowest BCUT2D eigenvalue weighted by Crippen LogP contribution is -2.46.